The van der Waals surface area contributed by atoms with Crippen LogP contribution in [-0.2, 0) is 6.54 Å². The summed E-state index contributed by atoms with van der Waals surface area (Å²) in [4.78, 5) is 21.4. The molecule has 2 aromatic carbocycles. The summed E-state index contributed by atoms with van der Waals surface area (Å²) in [6, 6.07) is 15.9. The fourth-order valence-electron chi connectivity index (χ4n) is 3.09. The lowest BCUT2D eigenvalue weighted by molar-refractivity contribution is 0.102. The van der Waals surface area contributed by atoms with Gasteiger partial charge in [0, 0.05) is 18.4 Å². The molecule has 1 amide bonds. The van der Waals surface area contributed by atoms with Gasteiger partial charge in [-0.25, -0.2) is 9.97 Å². The van der Waals surface area contributed by atoms with E-state index in [2.05, 4.69) is 53.5 Å². The highest BCUT2D eigenvalue weighted by atomic mass is 16.1. The molecule has 0 spiro atoms. The zero-order valence-corrected chi connectivity index (χ0v) is 16.8. The highest BCUT2D eigenvalue weighted by Gasteiger charge is 2.15. The van der Waals surface area contributed by atoms with Crippen LogP contribution in [0.5, 0.6) is 0 Å². The van der Waals surface area contributed by atoms with Crippen molar-refractivity contribution < 1.29 is 4.79 Å². The molecule has 3 aromatic rings. The smallest absolute Gasteiger partial charge is 0.274 e. The monoisotopic (exact) mass is 374 g/mol. The first-order chi connectivity index (χ1) is 13.4. The van der Waals surface area contributed by atoms with Crippen molar-refractivity contribution in [2.24, 2.45) is 0 Å². The van der Waals surface area contributed by atoms with Gasteiger partial charge in [-0.2, -0.15) is 0 Å². The van der Waals surface area contributed by atoms with Crippen LogP contribution in [-0.4, -0.2) is 15.9 Å². The lowest BCUT2D eigenvalue weighted by Crippen LogP contribution is -2.17. The number of para-hydroxylation sites is 1. The van der Waals surface area contributed by atoms with E-state index in [4.69, 9.17) is 0 Å². The number of anilines is 2. The van der Waals surface area contributed by atoms with Crippen LogP contribution in [0.15, 0.2) is 54.7 Å². The van der Waals surface area contributed by atoms with Crippen LogP contribution < -0.4 is 10.6 Å². The van der Waals surface area contributed by atoms with Gasteiger partial charge in [0.2, 0.25) is 5.95 Å². The molecule has 0 aliphatic heterocycles. The van der Waals surface area contributed by atoms with E-state index in [0.29, 0.717) is 24.1 Å². The van der Waals surface area contributed by atoms with E-state index in [1.807, 2.05) is 37.3 Å². The number of aryl methyl sites for hydroxylation is 2. The van der Waals surface area contributed by atoms with Gasteiger partial charge < -0.3 is 10.6 Å². The number of benzene rings is 2. The van der Waals surface area contributed by atoms with Crippen LogP contribution in [0.25, 0.3) is 0 Å². The molecule has 0 saturated heterocycles. The zero-order chi connectivity index (χ0) is 20.1. The van der Waals surface area contributed by atoms with E-state index in [-0.39, 0.29) is 5.91 Å². The summed E-state index contributed by atoms with van der Waals surface area (Å²) in [5.41, 5.74) is 5.68. The maximum absolute atomic E-state index is 12.8. The van der Waals surface area contributed by atoms with Crippen molar-refractivity contribution in [3.05, 3.63) is 82.7 Å². The highest BCUT2D eigenvalue weighted by molar-refractivity contribution is 6.03. The van der Waals surface area contributed by atoms with E-state index in [9.17, 15) is 4.79 Å². The third kappa shape index (κ3) is 4.74. The topological polar surface area (TPSA) is 66.9 Å². The Bertz CT molecular complexity index is 982. The largest absolute Gasteiger partial charge is 0.350 e. The molecule has 28 heavy (non-hydrogen) atoms. The Kier molecular flexibility index (Phi) is 6.04. The number of nitrogens with one attached hydrogen (secondary N) is 2. The van der Waals surface area contributed by atoms with E-state index < -0.39 is 0 Å². The maximum atomic E-state index is 12.8. The maximum Gasteiger partial charge on any atom is 0.274 e. The molecule has 0 saturated carbocycles. The van der Waals surface area contributed by atoms with Gasteiger partial charge in [0.1, 0.15) is 5.69 Å². The van der Waals surface area contributed by atoms with Crippen molar-refractivity contribution in [3.8, 4) is 0 Å². The molecule has 0 aliphatic carbocycles. The Morgan fingerprint density at radius 3 is 2.61 bits per heavy atom. The zero-order valence-electron chi connectivity index (χ0n) is 16.8. The predicted octanol–water partition coefficient (Wildman–Crippen LogP) is 5.08. The molecule has 3 rings (SSSR count). The van der Waals surface area contributed by atoms with E-state index >= 15 is 0 Å². The summed E-state index contributed by atoms with van der Waals surface area (Å²) in [6.45, 7) is 8.88. The van der Waals surface area contributed by atoms with Crippen molar-refractivity contribution >= 4 is 17.5 Å². The van der Waals surface area contributed by atoms with Gasteiger partial charge >= 0.3 is 0 Å². The fraction of sp³-hybridized carbons (Fsp3) is 0.261. The molecule has 0 fully saturated rings. The number of hydrogen-bond donors (Lipinski definition) is 2. The third-order valence-corrected chi connectivity index (χ3v) is 4.59. The SMILES string of the molecule is Cc1cccc(CNc2nccc(C(=O)Nc3c(C)cccc3C(C)C)n2)c1. The van der Waals surface area contributed by atoms with Crippen molar-refractivity contribution in [3.63, 3.8) is 0 Å². The minimum absolute atomic E-state index is 0.239. The Labute approximate surface area is 166 Å². The number of rotatable bonds is 6. The minimum Gasteiger partial charge on any atom is -0.350 e. The van der Waals surface area contributed by atoms with Crippen LogP contribution >= 0.6 is 0 Å². The Morgan fingerprint density at radius 1 is 1.07 bits per heavy atom. The lowest BCUT2D eigenvalue weighted by atomic mass is 9.98. The van der Waals surface area contributed by atoms with E-state index in [0.717, 1.165) is 22.4 Å². The number of hydrogen-bond acceptors (Lipinski definition) is 4. The number of carbonyl (C=O) groups excluding carboxylic acids is 1. The molecule has 5 nitrogen and oxygen atoms in total. The first-order valence-corrected chi connectivity index (χ1v) is 9.47. The molecule has 1 heterocycles. The summed E-state index contributed by atoms with van der Waals surface area (Å²) in [6.07, 6.45) is 1.60. The Morgan fingerprint density at radius 2 is 1.86 bits per heavy atom. The summed E-state index contributed by atoms with van der Waals surface area (Å²) in [5.74, 6) is 0.507. The molecule has 0 radical (unpaired) electrons. The van der Waals surface area contributed by atoms with Gasteiger partial charge in [-0.3, -0.25) is 4.79 Å². The second-order valence-electron chi connectivity index (χ2n) is 7.26. The normalized spacial score (nSPS) is 10.8. The second kappa shape index (κ2) is 8.65. The first-order valence-electron chi connectivity index (χ1n) is 9.47. The molecular formula is C23H26N4O. The molecule has 5 heteroatoms. The Balaban J connectivity index is 1.74. The number of aromatic nitrogens is 2. The first kappa shape index (κ1) is 19.5. The highest BCUT2D eigenvalue weighted by Crippen LogP contribution is 2.27. The molecular weight excluding hydrogens is 348 g/mol. The predicted molar refractivity (Wildman–Crippen MR) is 114 cm³/mol. The Hall–Kier alpha value is -3.21. The van der Waals surface area contributed by atoms with Crippen LogP contribution in [0.4, 0.5) is 11.6 Å². The number of carbonyl (C=O) groups is 1. The summed E-state index contributed by atoms with van der Waals surface area (Å²) in [7, 11) is 0. The second-order valence-corrected chi connectivity index (χ2v) is 7.26. The van der Waals surface area contributed by atoms with Crippen LogP contribution in [0.2, 0.25) is 0 Å². The average molecular weight is 374 g/mol. The number of amides is 1. The standard InChI is InChI=1S/C23H26N4O/c1-15(2)19-10-6-8-17(4)21(19)27-22(28)20-11-12-24-23(26-20)25-14-18-9-5-7-16(3)13-18/h5-13,15H,14H2,1-4H3,(H,27,28)(H,24,25,26). The van der Waals surface area contributed by atoms with Gasteiger partial charge in [0.25, 0.3) is 5.91 Å². The molecule has 144 valence electrons. The summed E-state index contributed by atoms with van der Waals surface area (Å²) < 4.78 is 0. The van der Waals surface area contributed by atoms with Crippen molar-refractivity contribution in [2.75, 3.05) is 10.6 Å². The average Bonchev–Trinajstić information content (AvgIpc) is 2.68. The molecule has 1 aromatic heterocycles. The van der Waals surface area contributed by atoms with Crippen molar-refractivity contribution in [1.82, 2.24) is 9.97 Å². The fourth-order valence-corrected chi connectivity index (χ4v) is 3.09. The van der Waals surface area contributed by atoms with E-state index in [1.165, 1.54) is 5.56 Å². The van der Waals surface area contributed by atoms with Crippen LogP contribution in [0.1, 0.15) is 52.5 Å². The minimum atomic E-state index is -0.239. The van der Waals surface area contributed by atoms with Crippen molar-refractivity contribution in [2.45, 2.75) is 40.2 Å². The van der Waals surface area contributed by atoms with Gasteiger partial charge in [-0.1, -0.05) is 61.9 Å². The molecule has 0 atom stereocenters. The van der Waals surface area contributed by atoms with Gasteiger partial charge in [-0.15, -0.1) is 0 Å². The van der Waals surface area contributed by atoms with Crippen molar-refractivity contribution in [1.29, 1.82) is 0 Å². The van der Waals surface area contributed by atoms with Gasteiger partial charge in [0.05, 0.1) is 0 Å². The molecule has 0 bridgehead atoms. The van der Waals surface area contributed by atoms with Crippen LogP contribution in [0.3, 0.4) is 0 Å². The number of nitrogens with zero attached hydrogens (tertiary/aromatic N) is 2. The molecule has 0 unspecified atom stereocenters. The molecule has 0 aliphatic rings. The van der Waals surface area contributed by atoms with E-state index in [1.54, 1.807) is 12.3 Å². The summed E-state index contributed by atoms with van der Waals surface area (Å²) >= 11 is 0. The van der Waals surface area contributed by atoms with Gasteiger partial charge in [0.15, 0.2) is 0 Å². The lowest BCUT2D eigenvalue weighted by Gasteiger charge is -2.16. The quantitative estimate of drug-likeness (QED) is 0.631. The molecule has 2 N–H and O–H groups in total. The van der Waals surface area contributed by atoms with Gasteiger partial charge in [-0.05, 0) is 42.5 Å². The summed E-state index contributed by atoms with van der Waals surface area (Å²) in [5, 5.41) is 6.21. The van der Waals surface area contributed by atoms with Crippen LogP contribution in [0, 0.1) is 13.8 Å². The third-order valence-electron chi connectivity index (χ3n) is 4.59.